The molecule has 18 heavy (non-hydrogen) atoms. The predicted molar refractivity (Wildman–Crippen MR) is 74.5 cm³/mol. The monoisotopic (exact) mass is 243 g/mol. The van der Waals surface area contributed by atoms with Crippen LogP contribution in [0, 0.1) is 0 Å². The lowest BCUT2D eigenvalue weighted by Gasteiger charge is -2.01. The van der Waals surface area contributed by atoms with Crippen LogP contribution in [0.2, 0.25) is 0 Å². The molecule has 0 unspecified atom stereocenters. The smallest absolute Gasteiger partial charge is 0.0841 e. The molecule has 1 aliphatic carbocycles. The van der Waals surface area contributed by atoms with E-state index in [1.807, 2.05) is 0 Å². The molecule has 1 aliphatic rings. The molecule has 0 spiro atoms. The summed E-state index contributed by atoms with van der Waals surface area (Å²) in [4.78, 5) is 0. The zero-order chi connectivity index (χ0) is 12.4. The topological polar surface area (TPSA) is 29.9 Å². The third-order valence-corrected chi connectivity index (χ3v) is 3.59. The van der Waals surface area contributed by atoms with Crippen molar-refractivity contribution < 1.29 is 0 Å². The van der Waals surface area contributed by atoms with E-state index in [2.05, 4.69) is 41.2 Å². The molecule has 1 saturated carbocycles. The molecule has 1 N–H and O–H groups in total. The molecule has 1 aromatic carbocycles. The van der Waals surface area contributed by atoms with Crippen molar-refractivity contribution in [3.05, 3.63) is 30.0 Å². The molecule has 0 atom stereocenters. The second kappa shape index (κ2) is 5.11. The van der Waals surface area contributed by atoms with E-state index < -0.39 is 0 Å². The van der Waals surface area contributed by atoms with Crippen LogP contribution in [-0.4, -0.2) is 15.8 Å². The molecular formula is C15H21N3. The summed E-state index contributed by atoms with van der Waals surface area (Å²) >= 11 is 0. The predicted octanol–water partition coefficient (Wildman–Crippen LogP) is 3.09. The van der Waals surface area contributed by atoms with Crippen molar-refractivity contribution >= 4 is 10.9 Å². The molecule has 1 aromatic heterocycles. The number of nitrogens with zero attached hydrogens (tertiary/aromatic N) is 2. The highest BCUT2D eigenvalue weighted by Crippen LogP contribution is 2.22. The molecule has 3 heteroatoms. The van der Waals surface area contributed by atoms with Crippen molar-refractivity contribution in [2.45, 2.75) is 51.7 Å². The van der Waals surface area contributed by atoms with Crippen molar-refractivity contribution in [1.82, 2.24) is 15.1 Å². The van der Waals surface area contributed by atoms with E-state index in [1.165, 1.54) is 42.3 Å². The summed E-state index contributed by atoms with van der Waals surface area (Å²) in [6.07, 6.45) is 5.06. The highest BCUT2D eigenvalue weighted by atomic mass is 15.3. The molecule has 0 aliphatic heterocycles. The van der Waals surface area contributed by atoms with E-state index in [4.69, 9.17) is 5.10 Å². The Balaban J connectivity index is 1.86. The fourth-order valence-electron chi connectivity index (χ4n) is 2.33. The van der Waals surface area contributed by atoms with Crippen molar-refractivity contribution in [2.24, 2.45) is 0 Å². The molecular weight excluding hydrogens is 222 g/mol. The van der Waals surface area contributed by atoms with Crippen LogP contribution in [-0.2, 0) is 13.1 Å². The average Bonchev–Trinajstić information content (AvgIpc) is 3.17. The molecule has 1 fully saturated rings. The number of unbranched alkanes of at least 4 members (excludes halogenated alkanes) is 1. The standard InChI is InChI=1S/C15H21N3/c1-2-3-10-18-15-7-5-4-6-13(15)14(17-18)11-16-12-8-9-12/h4-7,12,16H,2-3,8-11H2,1H3. The Morgan fingerprint density at radius 3 is 2.94 bits per heavy atom. The van der Waals surface area contributed by atoms with Crippen LogP contribution in [0.1, 0.15) is 38.3 Å². The summed E-state index contributed by atoms with van der Waals surface area (Å²) < 4.78 is 2.17. The number of hydrogen-bond acceptors (Lipinski definition) is 2. The fourth-order valence-corrected chi connectivity index (χ4v) is 2.33. The van der Waals surface area contributed by atoms with Gasteiger partial charge in [0.05, 0.1) is 11.2 Å². The van der Waals surface area contributed by atoms with E-state index in [-0.39, 0.29) is 0 Å². The number of para-hydroxylation sites is 1. The van der Waals surface area contributed by atoms with Crippen LogP contribution in [0.5, 0.6) is 0 Å². The van der Waals surface area contributed by atoms with Gasteiger partial charge in [-0.25, -0.2) is 0 Å². The molecule has 0 radical (unpaired) electrons. The number of aromatic nitrogens is 2. The van der Waals surface area contributed by atoms with Crippen molar-refractivity contribution in [3.63, 3.8) is 0 Å². The number of fused-ring (bicyclic) bond motifs is 1. The third-order valence-electron chi connectivity index (χ3n) is 3.59. The van der Waals surface area contributed by atoms with Crippen LogP contribution in [0.25, 0.3) is 10.9 Å². The molecule has 0 bridgehead atoms. The maximum atomic E-state index is 4.78. The van der Waals surface area contributed by atoms with Gasteiger partial charge < -0.3 is 5.32 Å². The molecule has 0 saturated heterocycles. The maximum absolute atomic E-state index is 4.78. The fraction of sp³-hybridized carbons (Fsp3) is 0.533. The summed E-state index contributed by atoms with van der Waals surface area (Å²) in [6, 6.07) is 9.32. The lowest BCUT2D eigenvalue weighted by molar-refractivity contribution is 0.571. The second-order valence-electron chi connectivity index (χ2n) is 5.20. The van der Waals surface area contributed by atoms with E-state index in [1.54, 1.807) is 0 Å². The number of benzene rings is 1. The van der Waals surface area contributed by atoms with Gasteiger partial charge in [-0.2, -0.15) is 5.10 Å². The van der Waals surface area contributed by atoms with Gasteiger partial charge in [0, 0.05) is 24.5 Å². The van der Waals surface area contributed by atoms with Crippen LogP contribution in [0.15, 0.2) is 24.3 Å². The van der Waals surface area contributed by atoms with Crippen molar-refractivity contribution in [1.29, 1.82) is 0 Å². The van der Waals surface area contributed by atoms with E-state index in [0.717, 1.165) is 19.1 Å². The van der Waals surface area contributed by atoms with Crippen LogP contribution >= 0.6 is 0 Å². The molecule has 96 valence electrons. The SMILES string of the molecule is CCCCn1nc(CNC2CC2)c2ccccc21. The van der Waals surface area contributed by atoms with Crippen molar-refractivity contribution in [2.75, 3.05) is 0 Å². The van der Waals surface area contributed by atoms with Gasteiger partial charge in [-0.3, -0.25) is 4.68 Å². The van der Waals surface area contributed by atoms with Gasteiger partial charge in [-0.05, 0) is 25.3 Å². The van der Waals surface area contributed by atoms with Gasteiger partial charge in [-0.1, -0.05) is 31.5 Å². The van der Waals surface area contributed by atoms with Crippen LogP contribution in [0.3, 0.4) is 0 Å². The number of aryl methyl sites for hydroxylation is 1. The molecule has 2 aromatic rings. The summed E-state index contributed by atoms with van der Waals surface area (Å²) in [5.41, 5.74) is 2.48. The Kier molecular flexibility index (Phi) is 3.33. The van der Waals surface area contributed by atoms with Gasteiger partial charge in [-0.15, -0.1) is 0 Å². The first-order valence-electron chi connectivity index (χ1n) is 7.06. The number of rotatable bonds is 6. The van der Waals surface area contributed by atoms with E-state index in [9.17, 15) is 0 Å². The zero-order valence-corrected chi connectivity index (χ0v) is 11.0. The summed E-state index contributed by atoms with van der Waals surface area (Å²) in [6.45, 7) is 4.16. The highest BCUT2D eigenvalue weighted by molar-refractivity contribution is 5.81. The normalized spacial score (nSPS) is 15.4. The lowest BCUT2D eigenvalue weighted by Crippen LogP contribution is -2.16. The van der Waals surface area contributed by atoms with Crippen LogP contribution in [0.4, 0.5) is 0 Å². The Morgan fingerprint density at radius 1 is 1.33 bits per heavy atom. The minimum absolute atomic E-state index is 0.740. The number of hydrogen-bond donors (Lipinski definition) is 1. The summed E-state index contributed by atoms with van der Waals surface area (Å²) in [5, 5.41) is 9.65. The molecule has 0 amide bonds. The van der Waals surface area contributed by atoms with Gasteiger partial charge in [0.1, 0.15) is 0 Å². The average molecular weight is 243 g/mol. The third kappa shape index (κ3) is 2.41. The quantitative estimate of drug-likeness (QED) is 0.845. The van der Waals surface area contributed by atoms with E-state index >= 15 is 0 Å². The van der Waals surface area contributed by atoms with Gasteiger partial charge in [0.25, 0.3) is 0 Å². The first kappa shape index (κ1) is 11.7. The molecule has 1 heterocycles. The Hall–Kier alpha value is -1.35. The number of nitrogens with one attached hydrogen (secondary N) is 1. The maximum Gasteiger partial charge on any atom is 0.0841 e. The first-order valence-corrected chi connectivity index (χ1v) is 7.06. The minimum Gasteiger partial charge on any atom is -0.308 e. The van der Waals surface area contributed by atoms with E-state index in [0.29, 0.717) is 0 Å². The Morgan fingerprint density at radius 2 is 2.17 bits per heavy atom. The summed E-state index contributed by atoms with van der Waals surface area (Å²) in [7, 11) is 0. The zero-order valence-electron chi connectivity index (χ0n) is 11.0. The summed E-state index contributed by atoms with van der Waals surface area (Å²) in [5.74, 6) is 0. The lowest BCUT2D eigenvalue weighted by atomic mass is 10.2. The first-order chi connectivity index (χ1) is 8.88. The Labute approximate surface area is 108 Å². The van der Waals surface area contributed by atoms with Crippen LogP contribution < -0.4 is 5.32 Å². The molecule has 3 nitrogen and oxygen atoms in total. The van der Waals surface area contributed by atoms with Gasteiger partial charge in [0.15, 0.2) is 0 Å². The molecule has 3 rings (SSSR count). The van der Waals surface area contributed by atoms with Crippen molar-refractivity contribution in [3.8, 4) is 0 Å². The minimum atomic E-state index is 0.740. The largest absolute Gasteiger partial charge is 0.308 e. The van der Waals surface area contributed by atoms with Gasteiger partial charge >= 0.3 is 0 Å². The second-order valence-corrected chi connectivity index (χ2v) is 5.20. The highest BCUT2D eigenvalue weighted by Gasteiger charge is 2.21. The Bertz CT molecular complexity index is 526. The van der Waals surface area contributed by atoms with Gasteiger partial charge in [0.2, 0.25) is 0 Å².